The fourth-order valence-electron chi connectivity index (χ4n) is 2.87. The number of hydrogen-bond acceptors (Lipinski definition) is 2. The molecule has 0 spiro atoms. The Morgan fingerprint density at radius 1 is 0.920 bits per heavy atom. The minimum Gasteiger partial charge on any atom is -0.366 e. The van der Waals surface area contributed by atoms with Gasteiger partial charge in [0.25, 0.3) is 5.91 Å². The highest BCUT2D eigenvalue weighted by Gasteiger charge is 2.31. The largest absolute Gasteiger partial charge is 0.416 e. The third-order valence-corrected chi connectivity index (χ3v) is 4.20. The molecule has 1 saturated heterocycles. The molecule has 1 heterocycles. The lowest BCUT2D eigenvalue weighted by Crippen LogP contribution is -2.49. The third-order valence-electron chi connectivity index (χ3n) is 4.20. The zero-order chi connectivity index (χ0) is 18.0. The standard InChI is InChI=1S/C18H16F4N2O/c19-15-6-1-2-7-16(15)23-8-10-24(11-9-23)17(25)13-4-3-5-14(12-13)18(20,21)22/h1-7,12H,8-11H2. The predicted octanol–water partition coefficient (Wildman–Crippen LogP) is 3.81. The molecule has 0 atom stereocenters. The van der Waals surface area contributed by atoms with Crippen LogP contribution in [0.3, 0.4) is 0 Å². The third kappa shape index (κ3) is 3.75. The second-order valence-corrected chi connectivity index (χ2v) is 5.81. The van der Waals surface area contributed by atoms with Crippen molar-refractivity contribution in [2.45, 2.75) is 6.18 Å². The highest BCUT2D eigenvalue weighted by Crippen LogP contribution is 2.30. The van der Waals surface area contributed by atoms with Gasteiger partial charge in [-0.1, -0.05) is 18.2 Å². The first-order chi connectivity index (χ1) is 11.9. The summed E-state index contributed by atoms with van der Waals surface area (Å²) in [6.45, 7) is 1.49. The molecule has 0 unspecified atom stereocenters. The summed E-state index contributed by atoms with van der Waals surface area (Å²) < 4.78 is 52.2. The maximum Gasteiger partial charge on any atom is 0.416 e. The molecule has 3 rings (SSSR count). The van der Waals surface area contributed by atoms with E-state index < -0.39 is 17.6 Å². The summed E-state index contributed by atoms with van der Waals surface area (Å²) in [6, 6.07) is 10.8. The van der Waals surface area contributed by atoms with Crippen molar-refractivity contribution >= 4 is 11.6 Å². The van der Waals surface area contributed by atoms with Gasteiger partial charge in [0, 0.05) is 31.7 Å². The Labute approximate surface area is 142 Å². The maximum absolute atomic E-state index is 13.8. The quantitative estimate of drug-likeness (QED) is 0.768. The summed E-state index contributed by atoms with van der Waals surface area (Å²) in [7, 11) is 0. The molecular weight excluding hydrogens is 336 g/mol. The molecule has 7 heteroatoms. The zero-order valence-electron chi connectivity index (χ0n) is 13.3. The smallest absolute Gasteiger partial charge is 0.366 e. The summed E-state index contributed by atoms with van der Waals surface area (Å²) >= 11 is 0. The van der Waals surface area contributed by atoms with E-state index in [0.29, 0.717) is 31.9 Å². The van der Waals surface area contributed by atoms with E-state index in [9.17, 15) is 22.4 Å². The van der Waals surface area contributed by atoms with E-state index in [1.54, 1.807) is 18.2 Å². The lowest BCUT2D eigenvalue weighted by Gasteiger charge is -2.36. The molecule has 0 aromatic heterocycles. The summed E-state index contributed by atoms with van der Waals surface area (Å²) in [5.41, 5.74) is -0.369. The van der Waals surface area contributed by atoms with E-state index in [2.05, 4.69) is 0 Å². The number of amides is 1. The van der Waals surface area contributed by atoms with Gasteiger partial charge in [0.15, 0.2) is 0 Å². The number of hydrogen-bond donors (Lipinski definition) is 0. The van der Waals surface area contributed by atoms with Crippen LogP contribution in [0.1, 0.15) is 15.9 Å². The van der Waals surface area contributed by atoms with Crippen molar-refractivity contribution in [3.63, 3.8) is 0 Å². The number of nitrogens with zero attached hydrogens (tertiary/aromatic N) is 2. The normalized spacial score (nSPS) is 15.4. The van der Waals surface area contributed by atoms with Crippen molar-refractivity contribution in [1.29, 1.82) is 0 Å². The van der Waals surface area contributed by atoms with Crippen LogP contribution in [0, 0.1) is 5.82 Å². The molecule has 2 aromatic carbocycles. The van der Waals surface area contributed by atoms with Crippen molar-refractivity contribution < 1.29 is 22.4 Å². The summed E-state index contributed by atoms with van der Waals surface area (Å²) in [4.78, 5) is 15.8. The molecule has 0 radical (unpaired) electrons. The number of alkyl halides is 3. The number of benzene rings is 2. The van der Waals surface area contributed by atoms with Gasteiger partial charge in [0.05, 0.1) is 11.3 Å². The first kappa shape index (κ1) is 17.3. The fraction of sp³-hybridized carbons (Fsp3) is 0.278. The van der Waals surface area contributed by atoms with Gasteiger partial charge < -0.3 is 9.80 Å². The van der Waals surface area contributed by atoms with Crippen molar-refractivity contribution in [1.82, 2.24) is 4.90 Å². The Kier molecular flexibility index (Phi) is 4.65. The summed E-state index contributed by atoms with van der Waals surface area (Å²) in [5, 5.41) is 0. The predicted molar refractivity (Wildman–Crippen MR) is 86.0 cm³/mol. The van der Waals surface area contributed by atoms with Crippen molar-refractivity contribution in [2.75, 3.05) is 31.1 Å². The molecule has 1 fully saturated rings. The molecule has 3 nitrogen and oxygen atoms in total. The highest BCUT2D eigenvalue weighted by molar-refractivity contribution is 5.94. The van der Waals surface area contributed by atoms with Crippen molar-refractivity contribution in [2.24, 2.45) is 0 Å². The Morgan fingerprint density at radius 2 is 1.60 bits per heavy atom. The number of anilines is 1. The molecule has 1 aliphatic heterocycles. The van der Waals surface area contributed by atoms with Gasteiger partial charge >= 0.3 is 6.18 Å². The Bertz CT molecular complexity index is 768. The lowest BCUT2D eigenvalue weighted by molar-refractivity contribution is -0.137. The first-order valence-corrected chi connectivity index (χ1v) is 7.82. The van der Waals surface area contributed by atoms with Crippen LogP contribution in [0.5, 0.6) is 0 Å². The monoisotopic (exact) mass is 352 g/mol. The second kappa shape index (κ2) is 6.74. The average molecular weight is 352 g/mol. The van der Waals surface area contributed by atoms with Crippen LogP contribution in [-0.4, -0.2) is 37.0 Å². The molecule has 0 N–H and O–H groups in total. The van der Waals surface area contributed by atoms with Gasteiger partial charge in [-0.05, 0) is 30.3 Å². The van der Waals surface area contributed by atoms with Crippen LogP contribution >= 0.6 is 0 Å². The molecule has 0 saturated carbocycles. The van der Waals surface area contributed by atoms with Gasteiger partial charge in [0.1, 0.15) is 5.82 Å². The highest BCUT2D eigenvalue weighted by atomic mass is 19.4. The van der Waals surface area contributed by atoms with Gasteiger partial charge in [0.2, 0.25) is 0 Å². The van der Waals surface area contributed by atoms with Crippen LogP contribution in [0.15, 0.2) is 48.5 Å². The number of carbonyl (C=O) groups is 1. The number of carbonyl (C=O) groups excluding carboxylic acids is 1. The molecule has 132 valence electrons. The number of para-hydroxylation sites is 1. The van der Waals surface area contributed by atoms with E-state index >= 15 is 0 Å². The SMILES string of the molecule is O=C(c1cccc(C(F)(F)F)c1)N1CCN(c2ccccc2F)CC1. The van der Waals surface area contributed by atoms with E-state index in [4.69, 9.17) is 0 Å². The van der Waals surface area contributed by atoms with Crippen LogP contribution < -0.4 is 4.90 Å². The molecule has 25 heavy (non-hydrogen) atoms. The number of halogens is 4. The van der Waals surface area contributed by atoms with E-state index in [1.165, 1.54) is 23.1 Å². The molecule has 0 bridgehead atoms. The number of piperazine rings is 1. The molecule has 1 aliphatic rings. The zero-order valence-corrected chi connectivity index (χ0v) is 13.3. The second-order valence-electron chi connectivity index (χ2n) is 5.81. The van der Waals surface area contributed by atoms with E-state index in [0.717, 1.165) is 12.1 Å². The van der Waals surface area contributed by atoms with Crippen LogP contribution in [0.2, 0.25) is 0 Å². The fourth-order valence-corrected chi connectivity index (χ4v) is 2.87. The van der Waals surface area contributed by atoms with Gasteiger partial charge in [-0.2, -0.15) is 13.2 Å². The van der Waals surface area contributed by atoms with Crippen LogP contribution in [0.4, 0.5) is 23.2 Å². The molecular formula is C18H16F4N2O. The van der Waals surface area contributed by atoms with Gasteiger partial charge in [-0.3, -0.25) is 4.79 Å². The Hall–Kier alpha value is -2.57. The minimum atomic E-state index is -4.49. The lowest BCUT2D eigenvalue weighted by atomic mass is 10.1. The van der Waals surface area contributed by atoms with Crippen LogP contribution in [-0.2, 0) is 6.18 Å². The van der Waals surface area contributed by atoms with Gasteiger partial charge in [-0.25, -0.2) is 4.39 Å². The van der Waals surface area contributed by atoms with Crippen LogP contribution in [0.25, 0.3) is 0 Å². The van der Waals surface area contributed by atoms with Crippen molar-refractivity contribution in [3.8, 4) is 0 Å². The number of rotatable bonds is 2. The average Bonchev–Trinajstić information content (AvgIpc) is 2.61. The first-order valence-electron chi connectivity index (χ1n) is 7.82. The van der Waals surface area contributed by atoms with Gasteiger partial charge in [-0.15, -0.1) is 0 Å². The molecule has 2 aromatic rings. The van der Waals surface area contributed by atoms with Crippen molar-refractivity contribution in [3.05, 3.63) is 65.5 Å². The van der Waals surface area contributed by atoms with E-state index in [-0.39, 0.29) is 11.4 Å². The molecule has 1 amide bonds. The summed E-state index contributed by atoms with van der Waals surface area (Å²) in [5.74, 6) is -0.778. The maximum atomic E-state index is 13.8. The van der Waals surface area contributed by atoms with E-state index in [1.807, 2.05) is 4.90 Å². The Morgan fingerprint density at radius 3 is 2.24 bits per heavy atom. The summed E-state index contributed by atoms with van der Waals surface area (Å²) in [6.07, 6.45) is -4.49. The Balaban J connectivity index is 1.69. The minimum absolute atomic E-state index is 0.00849. The molecule has 0 aliphatic carbocycles. The topological polar surface area (TPSA) is 23.6 Å².